The van der Waals surface area contributed by atoms with Crippen molar-refractivity contribution in [3.8, 4) is 0 Å². The lowest BCUT2D eigenvalue weighted by atomic mass is 10.3. The summed E-state index contributed by atoms with van der Waals surface area (Å²) in [4.78, 5) is 15.4. The van der Waals surface area contributed by atoms with E-state index in [9.17, 15) is 4.79 Å². The molecule has 0 fully saturated rings. The maximum Gasteiger partial charge on any atom is 0.277 e. The Morgan fingerprint density at radius 2 is 2.13 bits per heavy atom. The molecule has 0 bridgehead atoms. The van der Waals surface area contributed by atoms with Gasteiger partial charge in [0, 0.05) is 25.1 Å². The summed E-state index contributed by atoms with van der Waals surface area (Å²) in [5, 5.41) is 10.0. The molecule has 0 aliphatic heterocycles. The molecule has 0 atom stereocenters. The van der Waals surface area contributed by atoms with Crippen molar-refractivity contribution in [3.05, 3.63) is 36.4 Å². The van der Waals surface area contributed by atoms with Gasteiger partial charge in [-0.2, -0.15) is 0 Å². The van der Waals surface area contributed by atoms with Gasteiger partial charge in [-0.3, -0.25) is 14.5 Å². The minimum absolute atomic E-state index is 0.283. The van der Waals surface area contributed by atoms with E-state index in [-0.39, 0.29) is 11.6 Å². The van der Waals surface area contributed by atoms with Crippen LogP contribution >= 0.6 is 0 Å². The molecule has 1 amide bonds. The lowest BCUT2D eigenvalue weighted by Gasteiger charge is -2.00. The smallest absolute Gasteiger partial charge is 0.277 e. The number of hydrogen-bond donors (Lipinski definition) is 1. The van der Waals surface area contributed by atoms with Crippen LogP contribution in [0.1, 0.15) is 10.5 Å². The predicted octanol–water partition coefficient (Wildman–Crippen LogP) is 0.462. The van der Waals surface area contributed by atoms with E-state index in [1.807, 2.05) is 0 Å². The Labute approximate surface area is 85.9 Å². The maximum atomic E-state index is 11.6. The van der Waals surface area contributed by atoms with E-state index in [2.05, 4.69) is 20.6 Å². The average molecular weight is 203 g/mol. The Balaban J connectivity index is 2.11. The lowest BCUT2D eigenvalue weighted by Crippen LogP contribution is -2.12. The molecule has 0 aliphatic carbocycles. The normalized spacial score (nSPS) is 9.93. The van der Waals surface area contributed by atoms with Crippen molar-refractivity contribution in [1.29, 1.82) is 0 Å². The first-order valence-electron chi connectivity index (χ1n) is 4.33. The number of nitrogens with zero attached hydrogens (tertiary/aromatic N) is 4. The van der Waals surface area contributed by atoms with Crippen molar-refractivity contribution in [2.75, 3.05) is 5.32 Å². The molecule has 0 saturated carbocycles. The van der Waals surface area contributed by atoms with Gasteiger partial charge in [0.15, 0.2) is 5.69 Å². The summed E-state index contributed by atoms with van der Waals surface area (Å²) in [6.45, 7) is 0. The molecule has 0 unspecified atom stereocenters. The summed E-state index contributed by atoms with van der Waals surface area (Å²) < 4.78 is 1.47. The van der Waals surface area contributed by atoms with Crippen LogP contribution in [-0.4, -0.2) is 25.9 Å². The minimum Gasteiger partial charge on any atom is -0.320 e. The SMILES string of the molecule is Cn1cc(C(=O)Nc2ccncc2)nn1. The van der Waals surface area contributed by atoms with Gasteiger partial charge >= 0.3 is 0 Å². The molecule has 2 rings (SSSR count). The zero-order valence-electron chi connectivity index (χ0n) is 8.08. The molecule has 1 N–H and O–H groups in total. The molecule has 0 saturated heterocycles. The van der Waals surface area contributed by atoms with Crippen molar-refractivity contribution in [2.24, 2.45) is 7.05 Å². The van der Waals surface area contributed by atoms with Gasteiger partial charge in [-0.25, -0.2) is 0 Å². The molecular formula is C9H9N5O. The minimum atomic E-state index is -0.283. The average Bonchev–Trinajstić information content (AvgIpc) is 2.66. The first-order chi connectivity index (χ1) is 7.25. The molecule has 15 heavy (non-hydrogen) atoms. The van der Waals surface area contributed by atoms with Gasteiger partial charge in [-0.15, -0.1) is 5.10 Å². The van der Waals surface area contributed by atoms with Crippen LogP contribution in [0.15, 0.2) is 30.7 Å². The number of pyridine rings is 1. The van der Waals surface area contributed by atoms with E-state index >= 15 is 0 Å². The third-order valence-electron chi connectivity index (χ3n) is 1.77. The van der Waals surface area contributed by atoms with Crippen LogP contribution in [0.3, 0.4) is 0 Å². The summed E-state index contributed by atoms with van der Waals surface area (Å²) >= 11 is 0. The highest BCUT2D eigenvalue weighted by Gasteiger charge is 2.09. The van der Waals surface area contributed by atoms with E-state index in [1.165, 1.54) is 4.68 Å². The third-order valence-corrected chi connectivity index (χ3v) is 1.77. The molecule has 2 heterocycles. The molecule has 76 valence electrons. The van der Waals surface area contributed by atoms with Crippen molar-refractivity contribution in [3.63, 3.8) is 0 Å². The second-order valence-corrected chi connectivity index (χ2v) is 2.97. The zero-order chi connectivity index (χ0) is 10.7. The fourth-order valence-corrected chi connectivity index (χ4v) is 1.08. The van der Waals surface area contributed by atoms with Crippen molar-refractivity contribution < 1.29 is 4.79 Å². The largest absolute Gasteiger partial charge is 0.320 e. The van der Waals surface area contributed by atoms with Crippen molar-refractivity contribution >= 4 is 11.6 Å². The molecule has 2 aromatic rings. The fraction of sp³-hybridized carbons (Fsp3) is 0.111. The lowest BCUT2D eigenvalue weighted by molar-refractivity contribution is 0.102. The number of anilines is 1. The summed E-state index contributed by atoms with van der Waals surface area (Å²) in [7, 11) is 1.70. The van der Waals surface area contributed by atoms with Gasteiger partial charge in [0.1, 0.15) is 0 Å². The molecule has 0 aliphatic rings. The Hall–Kier alpha value is -2.24. The second-order valence-electron chi connectivity index (χ2n) is 2.97. The molecule has 6 nitrogen and oxygen atoms in total. The molecular weight excluding hydrogens is 194 g/mol. The summed E-state index contributed by atoms with van der Waals surface area (Å²) in [6.07, 6.45) is 4.76. The monoisotopic (exact) mass is 203 g/mol. The van der Waals surface area contributed by atoms with E-state index < -0.39 is 0 Å². The Bertz CT molecular complexity index is 464. The van der Waals surface area contributed by atoms with Gasteiger partial charge in [-0.1, -0.05) is 5.21 Å². The van der Waals surface area contributed by atoms with E-state index in [1.54, 1.807) is 37.8 Å². The highest BCUT2D eigenvalue weighted by Crippen LogP contribution is 2.05. The van der Waals surface area contributed by atoms with Gasteiger partial charge in [0.05, 0.1) is 6.20 Å². The Morgan fingerprint density at radius 3 is 2.73 bits per heavy atom. The van der Waals surface area contributed by atoms with Crippen molar-refractivity contribution in [2.45, 2.75) is 0 Å². The number of amides is 1. The van der Waals surface area contributed by atoms with Gasteiger partial charge in [0.2, 0.25) is 0 Å². The topological polar surface area (TPSA) is 72.7 Å². The molecule has 0 spiro atoms. The van der Waals surface area contributed by atoms with Crippen LogP contribution in [0.25, 0.3) is 0 Å². The zero-order valence-corrected chi connectivity index (χ0v) is 8.08. The number of aromatic nitrogens is 4. The molecule has 2 aromatic heterocycles. The number of rotatable bonds is 2. The van der Waals surface area contributed by atoms with E-state index in [0.717, 1.165) is 0 Å². The number of carbonyl (C=O) groups excluding carboxylic acids is 1. The number of hydrogen-bond acceptors (Lipinski definition) is 4. The van der Waals surface area contributed by atoms with Crippen LogP contribution in [0.4, 0.5) is 5.69 Å². The first kappa shape index (κ1) is 9.32. The van der Waals surface area contributed by atoms with Crippen LogP contribution in [0.5, 0.6) is 0 Å². The summed E-state index contributed by atoms with van der Waals surface area (Å²) in [5.41, 5.74) is 0.968. The summed E-state index contributed by atoms with van der Waals surface area (Å²) in [6, 6.07) is 3.41. The maximum absolute atomic E-state index is 11.6. The highest BCUT2D eigenvalue weighted by molar-refractivity contribution is 6.02. The predicted molar refractivity (Wildman–Crippen MR) is 53.2 cm³/mol. The Morgan fingerprint density at radius 1 is 1.40 bits per heavy atom. The summed E-state index contributed by atoms with van der Waals surface area (Å²) in [5.74, 6) is -0.283. The van der Waals surface area contributed by atoms with Gasteiger partial charge in [0.25, 0.3) is 5.91 Å². The molecule has 0 aromatic carbocycles. The van der Waals surface area contributed by atoms with E-state index in [4.69, 9.17) is 0 Å². The molecule has 0 radical (unpaired) electrons. The number of aryl methyl sites for hydroxylation is 1. The van der Waals surface area contributed by atoms with Crippen LogP contribution in [-0.2, 0) is 7.05 Å². The van der Waals surface area contributed by atoms with Crippen LogP contribution in [0, 0.1) is 0 Å². The van der Waals surface area contributed by atoms with Crippen molar-refractivity contribution in [1.82, 2.24) is 20.0 Å². The highest BCUT2D eigenvalue weighted by atomic mass is 16.2. The second kappa shape index (κ2) is 3.87. The Kier molecular flexibility index (Phi) is 2.40. The van der Waals surface area contributed by atoms with Gasteiger partial charge < -0.3 is 5.32 Å². The van der Waals surface area contributed by atoms with Crippen LogP contribution < -0.4 is 5.32 Å². The fourth-order valence-electron chi connectivity index (χ4n) is 1.08. The first-order valence-corrected chi connectivity index (χ1v) is 4.33. The van der Waals surface area contributed by atoms with E-state index in [0.29, 0.717) is 5.69 Å². The van der Waals surface area contributed by atoms with Crippen LogP contribution in [0.2, 0.25) is 0 Å². The molecule has 6 heteroatoms. The van der Waals surface area contributed by atoms with Gasteiger partial charge in [-0.05, 0) is 12.1 Å². The number of nitrogens with one attached hydrogen (secondary N) is 1. The third kappa shape index (κ3) is 2.16. The quantitative estimate of drug-likeness (QED) is 0.769. The number of carbonyl (C=O) groups is 1. The standard InChI is InChI=1S/C9H9N5O/c1-14-6-8(12-13-14)9(15)11-7-2-4-10-5-3-7/h2-6H,1H3,(H,10,11,15).